The largest absolute Gasteiger partial charge is 0.464 e. The van der Waals surface area contributed by atoms with Crippen LogP contribution in [0, 0.1) is 0 Å². The third-order valence-corrected chi connectivity index (χ3v) is 2.24. The summed E-state index contributed by atoms with van der Waals surface area (Å²) < 4.78 is 42.8. The second-order valence-corrected chi connectivity index (χ2v) is 3.66. The van der Waals surface area contributed by atoms with E-state index in [9.17, 15) is 18.0 Å². The van der Waals surface area contributed by atoms with Gasteiger partial charge in [0.1, 0.15) is 6.04 Å². The van der Waals surface area contributed by atoms with Crippen molar-refractivity contribution in [3.05, 3.63) is 29.8 Å². The van der Waals surface area contributed by atoms with E-state index >= 15 is 0 Å². The van der Waals surface area contributed by atoms with E-state index in [1.54, 1.807) is 6.92 Å². The molecule has 0 spiro atoms. The number of anilines is 1. The minimum absolute atomic E-state index is 0.134. The van der Waals surface area contributed by atoms with Crippen molar-refractivity contribution in [2.75, 3.05) is 11.9 Å². The predicted molar refractivity (Wildman–Crippen MR) is 61.2 cm³/mol. The van der Waals surface area contributed by atoms with Crippen LogP contribution in [-0.4, -0.2) is 18.6 Å². The van der Waals surface area contributed by atoms with Gasteiger partial charge in [0.05, 0.1) is 12.2 Å². The molecule has 0 aliphatic rings. The molecule has 0 fully saturated rings. The normalized spacial score (nSPS) is 12.9. The molecule has 6 heteroatoms. The van der Waals surface area contributed by atoms with E-state index in [4.69, 9.17) is 4.74 Å². The van der Waals surface area contributed by atoms with Crippen molar-refractivity contribution in [3.8, 4) is 0 Å². The molecule has 1 aromatic carbocycles. The Morgan fingerprint density at radius 1 is 1.39 bits per heavy atom. The van der Waals surface area contributed by atoms with E-state index in [0.717, 1.165) is 6.07 Å². The molecule has 0 bridgehead atoms. The first kappa shape index (κ1) is 14.3. The lowest BCUT2D eigenvalue weighted by atomic mass is 10.1. The summed E-state index contributed by atoms with van der Waals surface area (Å²) in [4.78, 5) is 11.3. The van der Waals surface area contributed by atoms with E-state index in [-0.39, 0.29) is 12.3 Å². The highest BCUT2D eigenvalue weighted by Crippen LogP contribution is 2.34. The molecule has 0 aromatic heterocycles. The van der Waals surface area contributed by atoms with Crippen LogP contribution < -0.4 is 5.32 Å². The summed E-state index contributed by atoms with van der Waals surface area (Å²) in [5.74, 6) is -0.588. The molecule has 0 aliphatic heterocycles. The number of para-hydroxylation sites is 1. The first-order valence-electron chi connectivity index (χ1n) is 5.45. The van der Waals surface area contributed by atoms with Gasteiger partial charge in [0.15, 0.2) is 0 Å². The van der Waals surface area contributed by atoms with Crippen molar-refractivity contribution in [2.45, 2.75) is 26.1 Å². The lowest BCUT2D eigenvalue weighted by Gasteiger charge is -2.18. The van der Waals surface area contributed by atoms with E-state index < -0.39 is 23.8 Å². The minimum Gasteiger partial charge on any atom is -0.464 e. The maximum atomic E-state index is 12.7. The van der Waals surface area contributed by atoms with Gasteiger partial charge >= 0.3 is 12.1 Å². The Bertz CT molecular complexity index is 418. The third-order valence-electron chi connectivity index (χ3n) is 2.24. The molecular weight excluding hydrogens is 247 g/mol. The zero-order chi connectivity index (χ0) is 13.8. The number of alkyl halides is 3. The van der Waals surface area contributed by atoms with Crippen molar-refractivity contribution in [3.63, 3.8) is 0 Å². The maximum Gasteiger partial charge on any atom is 0.418 e. The Kier molecular flexibility index (Phi) is 4.58. The van der Waals surface area contributed by atoms with Crippen LogP contribution in [0.15, 0.2) is 24.3 Å². The first-order chi connectivity index (χ1) is 8.36. The summed E-state index contributed by atoms with van der Waals surface area (Å²) in [5.41, 5.74) is -0.938. The Hall–Kier alpha value is -1.72. The fourth-order valence-electron chi connectivity index (χ4n) is 1.42. The highest BCUT2D eigenvalue weighted by Gasteiger charge is 2.33. The number of benzene rings is 1. The van der Waals surface area contributed by atoms with Crippen LogP contribution in [0.2, 0.25) is 0 Å². The number of halogens is 3. The zero-order valence-corrected chi connectivity index (χ0v) is 10.0. The number of nitrogens with one attached hydrogen (secondary N) is 1. The Morgan fingerprint density at radius 2 is 2.00 bits per heavy atom. The number of carbonyl (C=O) groups is 1. The summed E-state index contributed by atoms with van der Waals surface area (Å²) in [6, 6.07) is 4.16. The van der Waals surface area contributed by atoms with Crippen molar-refractivity contribution < 1.29 is 22.7 Å². The van der Waals surface area contributed by atoms with Crippen LogP contribution >= 0.6 is 0 Å². The molecule has 0 aliphatic carbocycles. The summed E-state index contributed by atoms with van der Waals surface area (Å²) >= 11 is 0. The summed E-state index contributed by atoms with van der Waals surface area (Å²) in [7, 11) is 0. The molecule has 1 aromatic rings. The fourth-order valence-corrected chi connectivity index (χ4v) is 1.42. The molecule has 18 heavy (non-hydrogen) atoms. The molecule has 3 nitrogen and oxygen atoms in total. The molecule has 100 valence electrons. The highest BCUT2D eigenvalue weighted by atomic mass is 19.4. The van der Waals surface area contributed by atoms with Gasteiger partial charge in [-0.15, -0.1) is 0 Å². The van der Waals surface area contributed by atoms with Gasteiger partial charge < -0.3 is 10.1 Å². The molecule has 1 atom stereocenters. The molecule has 0 saturated heterocycles. The average molecular weight is 261 g/mol. The molecule has 1 unspecified atom stereocenters. The Morgan fingerprint density at radius 3 is 2.56 bits per heavy atom. The van der Waals surface area contributed by atoms with Crippen molar-refractivity contribution in [1.82, 2.24) is 0 Å². The number of hydrogen-bond acceptors (Lipinski definition) is 3. The van der Waals surface area contributed by atoms with Gasteiger partial charge in [-0.05, 0) is 26.0 Å². The van der Waals surface area contributed by atoms with E-state index in [1.165, 1.54) is 25.1 Å². The SMILES string of the molecule is CCOC(=O)C(C)Nc1ccccc1C(F)(F)F. The smallest absolute Gasteiger partial charge is 0.418 e. The van der Waals surface area contributed by atoms with Crippen molar-refractivity contribution in [2.24, 2.45) is 0 Å². The lowest BCUT2D eigenvalue weighted by molar-refractivity contribution is -0.144. The highest BCUT2D eigenvalue weighted by molar-refractivity contribution is 5.79. The fraction of sp³-hybridized carbons (Fsp3) is 0.417. The summed E-state index contributed by atoms with van der Waals surface area (Å²) in [6.07, 6.45) is -4.46. The minimum atomic E-state index is -4.46. The van der Waals surface area contributed by atoms with E-state index in [2.05, 4.69) is 5.32 Å². The zero-order valence-electron chi connectivity index (χ0n) is 10.0. The number of ether oxygens (including phenoxy) is 1. The Labute approximate surface area is 103 Å². The van der Waals surface area contributed by atoms with Crippen LogP contribution in [0.5, 0.6) is 0 Å². The molecule has 1 N–H and O–H groups in total. The van der Waals surface area contributed by atoms with Gasteiger partial charge in [-0.3, -0.25) is 0 Å². The van der Waals surface area contributed by atoms with Crippen LogP contribution in [0.4, 0.5) is 18.9 Å². The number of carbonyl (C=O) groups excluding carboxylic acids is 1. The van der Waals surface area contributed by atoms with Crippen LogP contribution in [-0.2, 0) is 15.7 Å². The quantitative estimate of drug-likeness (QED) is 0.846. The van der Waals surface area contributed by atoms with Gasteiger partial charge in [-0.1, -0.05) is 12.1 Å². The molecule has 0 radical (unpaired) electrons. The second-order valence-electron chi connectivity index (χ2n) is 3.66. The van der Waals surface area contributed by atoms with Crippen LogP contribution in [0.3, 0.4) is 0 Å². The molecule has 0 saturated carbocycles. The Balaban J connectivity index is 2.88. The van der Waals surface area contributed by atoms with Crippen LogP contribution in [0.25, 0.3) is 0 Å². The van der Waals surface area contributed by atoms with Gasteiger partial charge in [-0.25, -0.2) is 4.79 Å². The van der Waals surface area contributed by atoms with Crippen molar-refractivity contribution in [1.29, 1.82) is 0 Å². The average Bonchev–Trinajstić information content (AvgIpc) is 2.28. The predicted octanol–water partition coefficient (Wildman–Crippen LogP) is 3.07. The maximum absolute atomic E-state index is 12.7. The number of esters is 1. The third kappa shape index (κ3) is 3.65. The molecule has 0 heterocycles. The van der Waals surface area contributed by atoms with E-state index in [0.29, 0.717) is 0 Å². The monoisotopic (exact) mass is 261 g/mol. The standard InChI is InChI=1S/C12H14F3NO2/c1-3-18-11(17)8(2)16-10-7-5-4-6-9(10)12(13,14)15/h4-8,16H,3H2,1-2H3. The molecule has 0 amide bonds. The molecule has 1 rings (SSSR count). The topological polar surface area (TPSA) is 38.3 Å². The second kappa shape index (κ2) is 5.75. The number of rotatable bonds is 4. The van der Waals surface area contributed by atoms with Gasteiger partial charge in [-0.2, -0.15) is 13.2 Å². The van der Waals surface area contributed by atoms with Crippen molar-refractivity contribution >= 4 is 11.7 Å². The van der Waals surface area contributed by atoms with Gasteiger partial charge in [0, 0.05) is 5.69 Å². The summed E-state index contributed by atoms with van der Waals surface area (Å²) in [6.45, 7) is 3.27. The lowest BCUT2D eigenvalue weighted by Crippen LogP contribution is -2.29. The van der Waals surface area contributed by atoms with Crippen LogP contribution in [0.1, 0.15) is 19.4 Å². The van der Waals surface area contributed by atoms with Gasteiger partial charge in [0.25, 0.3) is 0 Å². The molecular formula is C12H14F3NO2. The van der Waals surface area contributed by atoms with Gasteiger partial charge in [0.2, 0.25) is 0 Å². The summed E-state index contributed by atoms with van der Waals surface area (Å²) in [5, 5.41) is 2.51. The number of hydrogen-bond donors (Lipinski definition) is 1. The first-order valence-corrected chi connectivity index (χ1v) is 5.45. The van der Waals surface area contributed by atoms with E-state index in [1.807, 2.05) is 0 Å².